The first-order chi connectivity index (χ1) is 15.0. The lowest BCUT2D eigenvalue weighted by Gasteiger charge is -2.30. The topological polar surface area (TPSA) is 129 Å². The average Bonchev–Trinajstić information content (AvgIpc) is 3.34. The highest BCUT2D eigenvalue weighted by Crippen LogP contribution is 2.34. The molecule has 3 rings (SSSR count). The molecule has 0 aliphatic carbocycles. The number of likely N-dealkylation sites (tertiary alicyclic amines) is 1. The number of nitrogens with one attached hydrogen (secondary N) is 2. The fourth-order valence-corrected chi connectivity index (χ4v) is 4.42. The van der Waals surface area contributed by atoms with Crippen LogP contribution in [0.3, 0.4) is 0 Å². The number of aromatic nitrogens is 3. The molecule has 1 aromatic heterocycles. The zero-order valence-electron chi connectivity index (χ0n) is 17.4. The highest BCUT2D eigenvalue weighted by molar-refractivity contribution is 8.00. The smallest absolute Gasteiger partial charge is 0.380 e. The van der Waals surface area contributed by atoms with E-state index in [1.807, 2.05) is 0 Å². The van der Waals surface area contributed by atoms with E-state index in [-0.39, 0.29) is 30.9 Å². The third kappa shape index (κ3) is 5.91. The van der Waals surface area contributed by atoms with Crippen molar-refractivity contribution in [2.75, 3.05) is 18.1 Å². The fraction of sp³-hybridized carbons (Fsp3) is 0.722. The van der Waals surface area contributed by atoms with Crippen molar-refractivity contribution in [3.63, 3.8) is 0 Å². The second-order valence-corrected chi connectivity index (χ2v) is 9.15. The van der Waals surface area contributed by atoms with Crippen molar-refractivity contribution in [3.05, 3.63) is 11.9 Å². The minimum absolute atomic E-state index is 0.0949. The lowest BCUT2D eigenvalue weighted by molar-refractivity contribution is -0.254. The molecule has 0 spiro atoms. The van der Waals surface area contributed by atoms with Crippen molar-refractivity contribution in [3.8, 4) is 0 Å². The second kappa shape index (κ2) is 9.65. The van der Waals surface area contributed by atoms with E-state index in [1.165, 1.54) is 21.3 Å². The zero-order chi connectivity index (χ0) is 23.5. The van der Waals surface area contributed by atoms with E-state index >= 15 is 0 Å². The number of carbonyl (C=O) groups excluding carboxylic acids is 3. The third-order valence-electron chi connectivity index (χ3n) is 5.40. The largest absolute Gasteiger partial charge is 0.417 e. The van der Waals surface area contributed by atoms with E-state index < -0.39 is 30.1 Å². The van der Waals surface area contributed by atoms with E-state index in [9.17, 15) is 32.7 Å². The van der Waals surface area contributed by atoms with Gasteiger partial charge in [-0.05, 0) is 19.8 Å². The molecule has 178 valence electrons. The van der Waals surface area contributed by atoms with Crippen molar-refractivity contribution in [1.82, 2.24) is 30.5 Å². The molecule has 3 atom stereocenters. The van der Waals surface area contributed by atoms with Crippen LogP contribution in [0, 0.1) is 0 Å². The summed E-state index contributed by atoms with van der Waals surface area (Å²) in [7, 11) is 0. The number of thioether (sulfide) groups is 1. The maximum atomic E-state index is 12.9. The van der Waals surface area contributed by atoms with Gasteiger partial charge >= 0.3 is 6.18 Å². The van der Waals surface area contributed by atoms with E-state index in [1.54, 1.807) is 6.20 Å². The number of carbonyl (C=O) groups is 3. The predicted molar refractivity (Wildman–Crippen MR) is 107 cm³/mol. The minimum atomic E-state index is -4.90. The Bertz CT molecular complexity index is 862. The molecule has 0 aromatic carbocycles. The molecule has 10 nitrogen and oxygen atoms in total. The van der Waals surface area contributed by atoms with Crippen molar-refractivity contribution in [1.29, 1.82) is 0 Å². The molecule has 3 amide bonds. The van der Waals surface area contributed by atoms with Crippen LogP contribution in [0.1, 0.15) is 31.9 Å². The normalized spacial score (nSPS) is 23.5. The van der Waals surface area contributed by atoms with Gasteiger partial charge in [-0.3, -0.25) is 19.1 Å². The van der Waals surface area contributed by atoms with Crippen molar-refractivity contribution in [2.45, 2.75) is 63.1 Å². The van der Waals surface area contributed by atoms with Gasteiger partial charge in [0.1, 0.15) is 11.7 Å². The van der Waals surface area contributed by atoms with E-state index in [4.69, 9.17) is 0 Å². The van der Waals surface area contributed by atoms with Crippen LogP contribution in [0.5, 0.6) is 0 Å². The molecule has 1 unspecified atom stereocenters. The summed E-state index contributed by atoms with van der Waals surface area (Å²) in [5.74, 6) is -0.484. The Balaban J connectivity index is 1.52. The molecular formula is C18H25F3N6O4S. The molecule has 2 aliphatic heterocycles. The van der Waals surface area contributed by atoms with Gasteiger partial charge in [-0.25, -0.2) is 0 Å². The maximum absolute atomic E-state index is 12.9. The number of hydrogen-bond donors (Lipinski definition) is 3. The van der Waals surface area contributed by atoms with Crippen LogP contribution in [0.4, 0.5) is 13.2 Å². The predicted octanol–water partition coefficient (Wildman–Crippen LogP) is -0.180. The molecule has 0 saturated carbocycles. The Kier molecular flexibility index (Phi) is 7.32. The Morgan fingerprint density at radius 1 is 1.41 bits per heavy atom. The Hall–Kier alpha value is -2.35. The van der Waals surface area contributed by atoms with Gasteiger partial charge in [-0.1, -0.05) is 5.21 Å². The summed E-state index contributed by atoms with van der Waals surface area (Å²) in [5.41, 5.74) is -2.63. The highest BCUT2D eigenvalue weighted by atomic mass is 32.2. The number of nitrogens with zero attached hydrogens (tertiary/aromatic N) is 4. The summed E-state index contributed by atoms with van der Waals surface area (Å²) < 4.78 is 40.2. The summed E-state index contributed by atoms with van der Waals surface area (Å²) in [6, 6.07) is -0.978. The summed E-state index contributed by atoms with van der Waals surface area (Å²) >= 11 is 1.37. The maximum Gasteiger partial charge on any atom is 0.417 e. The lowest BCUT2D eigenvalue weighted by Crippen LogP contribution is -2.51. The number of amides is 3. The minimum Gasteiger partial charge on any atom is -0.380 e. The number of alkyl halides is 3. The monoisotopic (exact) mass is 478 g/mol. The van der Waals surface area contributed by atoms with Gasteiger partial charge in [-0.15, -0.1) is 16.9 Å². The van der Waals surface area contributed by atoms with Crippen LogP contribution >= 0.6 is 11.8 Å². The van der Waals surface area contributed by atoms with Crippen molar-refractivity contribution in [2.24, 2.45) is 0 Å². The number of halogens is 3. The van der Waals surface area contributed by atoms with Gasteiger partial charge in [0.25, 0.3) is 0 Å². The average molecular weight is 478 g/mol. The number of hydrogen-bond acceptors (Lipinski definition) is 7. The first-order valence-corrected chi connectivity index (χ1v) is 11.2. The summed E-state index contributed by atoms with van der Waals surface area (Å²) in [6.45, 7) is 1.22. The molecule has 32 heavy (non-hydrogen) atoms. The van der Waals surface area contributed by atoms with Crippen molar-refractivity contribution < 1.29 is 32.7 Å². The molecular weight excluding hydrogens is 453 g/mol. The van der Waals surface area contributed by atoms with Crippen molar-refractivity contribution >= 4 is 29.5 Å². The van der Waals surface area contributed by atoms with Crippen LogP contribution in [0.15, 0.2) is 6.20 Å². The van der Waals surface area contributed by atoms with Crippen LogP contribution in [-0.4, -0.2) is 84.6 Å². The van der Waals surface area contributed by atoms with Crippen LogP contribution in [0.2, 0.25) is 0 Å². The first-order valence-electron chi connectivity index (χ1n) is 10.1. The second-order valence-electron chi connectivity index (χ2n) is 8.12. The van der Waals surface area contributed by atoms with E-state index in [0.29, 0.717) is 43.5 Å². The SMILES string of the molecule is CC(O)(CC(=O)N1CCC[C@H]1Cn1cc(CNC(=O)[C@@H]2CSCC(=O)N2)nn1)C(F)(F)F. The number of aliphatic hydroxyl groups is 1. The first kappa shape index (κ1) is 24.3. The van der Waals surface area contributed by atoms with Gasteiger partial charge in [0, 0.05) is 12.3 Å². The highest BCUT2D eigenvalue weighted by Gasteiger charge is 2.52. The molecule has 2 fully saturated rings. The van der Waals surface area contributed by atoms with Crippen LogP contribution in [-0.2, 0) is 27.5 Å². The molecule has 3 N–H and O–H groups in total. The Morgan fingerprint density at radius 2 is 2.16 bits per heavy atom. The Labute approximate surface area is 186 Å². The standard InChI is InChI=1S/C18H25F3N6O4S/c1-17(31,18(19,20)21)5-15(29)27-4-2-3-12(27)8-26-7-11(24-25-26)6-22-16(30)13-9-32-10-14(28)23-13/h7,12-13,31H,2-6,8-10H2,1H3,(H,22,30)(H,23,28)/t12-,13-,17?/m0/s1. The molecule has 0 radical (unpaired) electrons. The van der Waals surface area contributed by atoms with Gasteiger partial charge in [0.2, 0.25) is 17.7 Å². The molecule has 0 bridgehead atoms. The van der Waals surface area contributed by atoms with Gasteiger partial charge in [0.15, 0.2) is 5.60 Å². The van der Waals surface area contributed by atoms with Gasteiger partial charge in [-0.2, -0.15) is 13.2 Å². The molecule has 2 saturated heterocycles. The van der Waals surface area contributed by atoms with E-state index in [0.717, 1.165) is 0 Å². The summed E-state index contributed by atoms with van der Waals surface area (Å²) in [4.78, 5) is 37.3. The number of rotatable bonds is 7. The lowest BCUT2D eigenvalue weighted by atomic mass is 10.0. The molecule has 14 heteroatoms. The van der Waals surface area contributed by atoms with Gasteiger partial charge < -0.3 is 20.6 Å². The molecule has 1 aromatic rings. The zero-order valence-corrected chi connectivity index (χ0v) is 18.2. The quantitative estimate of drug-likeness (QED) is 0.496. The molecule has 3 heterocycles. The third-order valence-corrected chi connectivity index (χ3v) is 6.44. The Morgan fingerprint density at radius 3 is 2.84 bits per heavy atom. The van der Waals surface area contributed by atoms with Crippen LogP contribution in [0.25, 0.3) is 0 Å². The van der Waals surface area contributed by atoms with E-state index in [2.05, 4.69) is 20.9 Å². The summed E-state index contributed by atoms with van der Waals surface area (Å²) in [5, 5.41) is 22.8. The van der Waals surface area contributed by atoms with Crippen LogP contribution < -0.4 is 10.6 Å². The van der Waals surface area contributed by atoms with Gasteiger partial charge in [0.05, 0.1) is 37.5 Å². The summed E-state index contributed by atoms with van der Waals surface area (Å²) in [6.07, 6.45) is -3.14. The fourth-order valence-electron chi connectivity index (χ4n) is 3.56. The molecule has 2 aliphatic rings.